The van der Waals surface area contributed by atoms with Crippen molar-refractivity contribution in [3.63, 3.8) is 0 Å². The van der Waals surface area contributed by atoms with Crippen LogP contribution >= 0.6 is 0 Å². The number of hydrogen-bond donors (Lipinski definition) is 0. The van der Waals surface area contributed by atoms with E-state index in [9.17, 15) is 16.8 Å². The maximum atomic E-state index is 12.5. The molecule has 0 aliphatic carbocycles. The largest absolute Gasteiger partial charge is 2.00 e. The van der Waals surface area contributed by atoms with Crippen molar-refractivity contribution < 1.29 is 54.2 Å². The molecule has 334 valence electrons. The molecular formula is C52H44N4O8S2Zn. The fourth-order valence-corrected chi connectivity index (χ4v) is 9.25. The maximum absolute atomic E-state index is 12.5. The van der Waals surface area contributed by atoms with Crippen molar-refractivity contribution in [1.29, 1.82) is 0 Å². The van der Waals surface area contributed by atoms with Gasteiger partial charge in [0.1, 0.15) is 11.5 Å². The van der Waals surface area contributed by atoms with Crippen LogP contribution in [0.25, 0.3) is 68.6 Å². The Morgan fingerprint density at radius 1 is 0.463 bits per heavy atom. The van der Waals surface area contributed by atoms with Gasteiger partial charge in [-0.15, -0.1) is 22.1 Å². The Morgan fingerprint density at radius 2 is 0.866 bits per heavy atom. The zero-order valence-electron chi connectivity index (χ0n) is 36.8. The second-order valence-corrected chi connectivity index (χ2v) is 18.9. The number of hydrogen-bond acceptors (Lipinski definition) is 10. The van der Waals surface area contributed by atoms with E-state index in [0.29, 0.717) is 24.3 Å². The van der Waals surface area contributed by atoms with Crippen molar-refractivity contribution in [3.05, 3.63) is 167 Å². The number of aromatic nitrogens is 4. The Morgan fingerprint density at radius 3 is 1.28 bits per heavy atom. The first-order chi connectivity index (χ1) is 32.0. The molecule has 0 N–H and O–H groups in total. The van der Waals surface area contributed by atoms with Crippen molar-refractivity contribution in [1.82, 2.24) is 19.9 Å². The first kappa shape index (κ1) is 47.0. The van der Waals surface area contributed by atoms with Crippen LogP contribution < -0.4 is 19.4 Å². The summed E-state index contributed by atoms with van der Waals surface area (Å²) in [6, 6.07) is 40.2. The van der Waals surface area contributed by atoms with Gasteiger partial charge < -0.3 is 19.4 Å². The molecule has 8 bridgehead atoms. The van der Waals surface area contributed by atoms with Crippen LogP contribution in [0.2, 0.25) is 0 Å². The zero-order chi connectivity index (χ0) is 45.7. The van der Waals surface area contributed by atoms with Crippen LogP contribution in [0.5, 0.6) is 11.5 Å². The van der Waals surface area contributed by atoms with Crippen LogP contribution in [-0.2, 0) is 48.1 Å². The van der Waals surface area contributed by atoms with Crippen molar-refractivity contribution in [2.45, 2.75) is 36.5 Å². The first-order valence-corrected chi connectivity index (χ1v) is 24.2. The van der Waals surface area contributed by atoms with E-state index < -0.39 is 20.2 Å². The molecule has 12 nitrogen and oxygen atoms in total. The Labute approximate surface area is 402 Å². The average Bonchev–Trinajstić information content (AvgIpc) is 4.15. The van der Waals surface area contributed by atoms with E-state index in [1.165, 1.54) is 24.3 Å². The third-order valence-electron chi connectivity index (χ3n) is 10.8. The molecule has 9 rings (SSSR count). The van der Waals surface area contributed by atoms with Crippen LogP contribution in [0.4, 0.5) is 0 Å². The summed E-state index contributed by atoms with van der Waals surface area (Å²) in [5.74, 6) is 1.26. The third-order valence-corrected chi connectivity index (χ3v) is 13.4. The Kier molecular flexibility index (Phi) is 14.4. The summed E-state index contributed by atoms with van der Waals surface area (Å²) in [5.41, 5.74) is 11.3. The average molecular weight is 982 g/mol. The fraction of sp³-hybridized carbons (Fsp3) is 0.154. The molecule has 3 aromatic heterocycles. The minimum Gasteiger partial charge on any atom is -0.657 e. The molecule has 4 aromatic carbocycles. The van der Waals surface area contributed by atoms with E-state index >= 15 is 0 Å². The molecule has 7 aromatic rings. The van der Waals surface area contributed by atoms with Crippen LogP contribution in [0.3, 0.4) is 0 Å². The van der Waals surface area contributed by atoms with Crippen LogP contribution in [-0.4, -0.2) is 53.2 Å². The summed E-state index contributed by atoms with van der Waals surface area (Å²) >= 11 is 0. The normalized spacial score (nSPS) is 12.2. The second kappa shape index (κ2) is 20.6. The number of rotatable bonds is 16. The molecule has 15 heteroatoms. The second-order valence-electron chi connectivity index (χ2n) is 15.7. The predicted octanol–water partition coefficient (Wildman–Crippen LogP) is 10.2. The first-order valence-electron chi connectivity index (χ1n) is 21.3. The van der Waals surface area contributed by atoms with Gasteiger partial charge in [0.15, 0.2) is 0 Å². The Hall–Kier alpha value is -6.48. The smallest absolute Gasteiger partial charge is 0.657 e. The van der Waals surface area contributed by atoms with Crippen molar-refractivity contribution in [2.75, 3.05) is 26.4 Å². The van der Waals surface area contributed by atoms with E-state index in [1.54, 1.807) is 24.3 Å². The number of benzene rings is 4. The Balaban J connectivity index is 0.00000608. The van der Waals surface area contributed by atoms with E-state index in [1.807, 2.05) is 123 Å². The van der Waals surface area contributed by atoms with Gasteiger partial charge in [-0.2, -0.15) is 16.8 Å². The van der Waals surface area contributed by atoms with Gasteiger partial charge in [0.05, 0.1) is 59.0 Å². The zero-order valence-corrected chi connectivity index (χ0v) is 41.4. The molecule has 2 aliphatic heterocycles. The van der Waals surface area contributed by atoms with Crippen molar-refractivity contribution >= 4 is 66.6 Å². The summed E-state index contributed by atoms with van der Waals surface area (Å²) < 4.78 is 72.5. The Bertz CT molecular complexity index is 3250. The topological polar surface area (TPSA) is 159 Å². The van der Waals surface area contributed by atoms with Gasteiger partial charge in [0.2, 0.25) is 0 Å². The molecular weight excluding hydrogens is 938 g/mol. The summed E-state index contributed by atoms with van der Waals surface area (Å²) in [5, 5.41) is 0. The van der Waals surface area contributed by atoms with Gasteiger partial charge in [-0.05, 0) is 103 Å². The summed E-state index contributed by atoms with van der Waals surface area (Å²) in [7, 11) is -7.68. The van der Waals surface area contributed by atoms with E-state index in [4.69, 9.17) is 37.8 Å². The third kappa shape index (κ3) is 11.4. The predicted molar refractivity (Wildman–Crippen MR) is 257 cm³/mol. The summed E-state index contributed by atoms with van der Waals surface area (Å²) in [4.78, 5) is 20.3. The van der Waals surface area contributed by atoms with Gasteiger partial charge in [-0.1, -0.05) is 96.1 Å². The minimum atomic E-state index is -3.84. The monoisotopic (exact) mass is 980 g/mol. The minimum absolute atomic E-state index is 0. The van der Waals surface area contributed by atoms with Gasteiger partial charge in [0.25, 0.3) is 20.2 Å². The van der Waals surface area contributed by atoms with Gasteiger partial charge in [0, 0.05) is 18.4 Å². The molecule has 5 heterocycles. The van der Waals surface area contributed by atoms with Gasteiger partial charge >= 0.3 is 19.5 Å². The van der Waals surface area contributed by atoms with Crippen LogP contribution in [0.15, 0.2) is 143 Å². The summed E-state index contributed by atoms with van der Waals surface area (Å²) in [6.07, 6.45) is 8.63. The van der Waals surface area contributed by atoms with Gasteiger partial charge in [-0.3, -0.25) is 8.37 Å². The molecule has 0 amide bonds. The molecule has 0 saturated carbocycles. The van der Waals surface area contributed by atoms with Crippen LogP contribution in [0.1, 0.15) is 46.7 Å². The van der Waals surface area contributed by atoms with Crippen LogP contribution in [0, 0.1) is 13.8 Å². The quantitative estimate of drug-likeness (QED) is 0.0513. The molecule has 0 saturated heterocycles. The maximum Gasteiger partial charge on any atom is 2.00 e. The molecule has 0 radical (unpaired) electrons. The van der Waals surface area contributed by atoms with Crippen molar-refractivity contribution in [2.24, 2.45) is 0 Å². The number of nitrogens with zero attached hydrogens (tertiary/aromatic N) is 4. The van der Waals surface area contributed by atoms with E-state index in [0.717, 1.165) is 78.2 Å². The fourth-order valence-electron chi connectivity index (χ4n) is 7.36. The number of fused-ring (bicyclic) bond motifs is 8. The van der Waals surface area contributed by atoms with E-state index in [2.05, 4.69) is 0 Å². The SMILES string of the molecule is Cc1ccc(S(=O)(=O)OCCCOc2ccc(-c3c4nc(cc5ccc([n-]5)c(-c5ccc(OCCCOS(=O)(=O)c6ccc(C)cc6)cc5)c5ccc(cc6nc3C=C6)[n-]5)C=C4)cc2)cc1.[Zn+2]. The number of aryl methyl sites for hydroxylation is 2. The number of ether oxygens (including phenoxy) is 2. The molecule has 0 fully saturated rings. The van der Waals surface area contributed by atoms with Gasteiger partial charge in [-0.25, -0.2) is 9.97 Å². The molecule has 0 spiro atoms. The molecule has 0 atom stereocenters. The van der Waals surface area contributed by atoms with Crippen molar-refractivity contribution in [3.8, 4) is 33.8 Å². The summed E-state index contributed by atoms with van der Waals surface area (Å²) in [6.45, 7) is 4.32. The molecule has 0 unspecified atom stereocenters. The molecule has 67 heavy (non-hydrogen) atoms. The standard InChI is InChI=1S/C52H44N4O8S2.Zn/c1-35-5-21-45(22-6-35)65(57,58)63-31-3-29-61-43-17-9-37(10-18-43)51-47-25-13-39(53-47)33-41-15-27-49(55-41)52(50-28-16-42(56-50)34-40-14-26-48(51)54-40)38-11-19-44(20-12-38)62-30-4-32-64-66(59,60)46-23-7-36(2)8-24-46;/h5-28,33-34H,3-4,29-32H2,1-2H3;/q-2;+2. The van der Waals surface area contributed by atoms with E-state index in [-0.39, 0.29) is 55.7 Å². The molecule has 2 aliphatic rings.